The summed E-state index contributed by atoms with van der Waals surface area (Å²) in [5, 5.41) is 3.12. The van der Waals surface area contributed by atoms with E-state index in [1.807, 2.05) is 0 Å². The van der Waals surface area contributed by atoms with E-state index in [2.05, 4.69) is 9.71 Å². The minimum absolute atomic E-state index is 0.102. The number of carbonyl (C=O) groups is 1. The smallest absolute Gasteiger partial charge is 0.286 e. The van der Waals surface area contributed by atoms with Crippen molar-refractivity contribution in [2.75, 3.05) is 18.4 Å². The SMILES string of the molecule is O=C(Cc1cccc(F)c1)N1CCC[C@H](C2=NS(=O)(=O)c3ccccc3N2)C1. The molecule has 2 heterocycles. The van der Waals surface area contributed by atoms with Crippen molar-refractivity contribution in [2.24, 2.45) is 10.3 Å². The molecule has 2 aromatic carbocycles. The summed E-state index contributed by atoms with van der Waals surface area (Å²) >= 11 is 0. The highest BCUT2D eigenvalue weighted by molar-refractivity contribution is 7.90. The molecule has 8 heteroatoms. The quantitative estimate of drug-likeness (QED) is 0.858. The average molecular weight is 401 g/mol. The van der Waals surface area contributed by atoms with Crippen LogP contribution in [-0.4, -0.2) is 38.2 Å². The first-order chi connectivity index (χ1) is 13.4. The van der Waals surface area contributed by atoms with Crippen LogP contribution in [0.5, 0.6) is 0 Å². The molecule has 2 aliphatic heterocycles. The predicted molar refractivity (Wildman–Crippen MR) is 104 cm³/mol. The van der Waals surface area contributed by atoms with Crippen molar-refractivity contribution >= 4 is 27.5 Å². The minimum atomic E-state index is -3.75. The molecule has 0 aromatic heterocycles. The molecule has 4 rings (SSSR count). The van der Waals surface area contributed by atoms with E-state index >= 15 is 0 Å². The van der Waals surface area contributed by atoms with Gasteiger partial charge in [-0.3, -0.25) is 4.79 Å². The molecule has 1 N–H and O–H groups in total. The van der Waals surface area contributed by atoms with Gasteiger partial charge >= 0.3 is 0 Å². The van der Waals surface area contributed by atoms with E-state index in [-0.39, 0.29) is 29.0 Å². The van der Waals surface area contributed by atoms with Crippen molar-refractivity contribution in [1.82, 2.24) is 4.90 Å². The standard InChI is InChI=1S/C20H20FN3O3S/c21-16-7-3-5-14(11-16)12-19(25)24-10-4-6-15(13-24)20-22-17-8-1-2-9-18(17)28(26,27)23-20/h1-3,5,7-9,11,15H,4,6,10,12-13H2,(H,22,23)/t15-/m0/s1. The number of likely N-dealkylation sites (tertiary alicyclic amines) is 1. The fourth-order valence-electron chi connectivity index (χ4n) is 3.67. The number of rotatable bonds is 3. The molecule has 0 spiro atoms. The van der Waals surface area contributed by atoms with E-state index < -0.39 is 10.0 Å². The summed E-state index contributed by atoms with van der Waals surface area (Å²) in [5.41, 5.74) is 1.13. The zero-order chi connectivity index (χ0) is 19.7. The molecule has 0 radical (unpaired) electrons. The molecule has 2 aromatic rings. The average Bonchev–Trinajstić information content (AvgIpc) is 2.67. The molecule has 28 heavy (non-hydrogen) atoms. The molecule has 1 atom stereocenters. The number of anilines is 1. The van der Waals surface area contributed by atoms with E-state index in [0.29, 0.717) is 30.2 Å². The van der Waals surface area contributed by atoms with Gasteiger partial charge in [0.1, 0.15) is 16.5 Å². The Morgan fingerprint density at radius 2 is 2.04 bits per heavy atom. The minimum Gasteiger partial charge on any atom is -0.342 e. The van der Waals surface area contributed by atoms with E-state index in [1.165, 1.54) is 18.2 Å². The topological polar surface area (TPSA) is 78.8 Å². The number of sulfonamides is 1. The van der Waals surface area contributed by atoms with Gasteiger partial charge in [-0.15, -0.1) is 4.40 Å². The summed E-state index contributed by atoms with van der Waals surface area (Å²) in [7, 11) is -3.75. The van der Waals surface area contributed by atoms with Crippen molar-refractivity contribution < 1.29 is 17.6 Å². The summed E-state index contributed by atoms with van der Waals surface area (Å²) in [6.07, 6.45) is 1.61. The third-order valence-electron chi connectivity index (χ3n) is 5.05. The van der Waals surface area contributed by atoms with Gasteiger partial charge in [0, 0.05) is 19.0 Å². The number of nitrogens with one attached hydrogen (secondary N) is 1. The van der Waals surface area contributed by atoms with Crippen molar-refractivity contribution in [1.29, 1.82) is 0 Å². The largest absolute Gasteiger partial charge is 0.342 e. The van der Waals surface area contributed by atoms with Crippen molar-refractivity contribution in [3.05, 3.63) is 59.9 Å². The summed E-state index contributed by atoms with van der Waals surface area (Å²) in [6.45, 7) is 0.985. The Labute approximate surface area is 163 Å². The van der Waals surface area contributed by atoms with Gasteiger partial charge in [-0.25, -0.2) is 4.39 Å². The monoisotopic (exact) mass is 401 g/mol. The summed E-state index contributed by atoms with van der Waals surface area (Å²) in [6, 6.07) is 12.7. The van der Waals surface area contributed by atoms with Gasteiger partial charge in [0.25, 0.3) is 10.0 Å². The van der Waals surface area contributed by atoms with Crippen LogP contribution in [0.4, 0.5) is 10.1 Å². The van der Waals surface area contributed by atoms with E-state index in [0.717, 1.165) is 12.8 Å². The zero-order valence-electron chi connectivity index (χ0n) is 15.1. The predicted octanol–water partition coefficient (Wildman–Crippen LogP) is 2.82. The van der Waals surface area contributed by atoms with Crippen LogP contribution in [0.2, 0.25) is 0 Å². The molecule has 6 nitrogen and oxygen atoms in total. The maximum absolute atomic E-state index is 13.4. The van der Waals surface area contributed by atoms with Crippen LogP contribution >= 0.6 is 0 Å². The van der Waals surface area contributed by atoms with E-state index in [9.17, 15) is 17.6 Å². The van der Waals surface area contributed by atoms with Crippen LogP contribution in [-0.2, 0) is 21.2 Å². The molecule has 0 saturated carbocycles. The first-order valence-corrected chi connectivity index (χ1v) is 10.6. The molecule has 1 amide bonds. The first-order valence-electron chi connectivity index (χ1n) is 9.15. The molecular weight excluding hydrogens is 381 g/mol. The Morgan fingerprint density at radius 3 is 2.86 bits per heavy atom. The van der Waals surface area contributed by atoms with Crippen LogP contribution in [0.25, 0.3) is 0 Å². The van der Waals surface area contributed by atoms with Crippen molar-refractivity contribution in [3.8, 4) is 0 Å². The molecule has 0 unspecified atom stereocenters. The summed E-state index contributed by atoms with van der Waals surface area (Å²) in [4.78, 5) is 14.5. The van der Waals surface area contributed by atoms with Gasteiger partial charge in [0.2, 0.25) is 5.91 Å². The molecular formula is C20H20FN3O3S. The number of para-hydroxylation sites is 1. The third kappa shape index (κ3) is 3.77. The van der Waals surface area contributed by atoms with Gasteiger partial charge in [-0.1, -0.05) is 24.3 Å². The number of amides is 1. The highest BCUT2D eigenvalue weighted by Gasteiger charge is 2.32. The summed E-state index contributed by atoms with van der Waals surface area (Å²) < 4.78 is 42.3. The van der Waals surface area contributed by atoms with E-state index in [1.54, 1.807) is 35.2 Å². The lowest BCUT2D eigenvalue weighted by atomic mass is 9.96. The lowest BCUT2D eigenvalue weighted by Crippen LogP contribution is -2.45. The van der Waals surface area contributed by atoms with Crippen LogP contribution < -0.4 is 5.32 Å². The van der Waals surface area contributed by atoms with Crippen LogP contribution in [0, 0.1) is 11.7 Å². The van der Waals surface area contributed by atoms with Gasteiger partial charge in [0.15, 0.2) is 0 Å². The van der Waals surface area contributed by atoms with Crippen molar-refractivity contribution in [2.45, 2.75) is 24.2 Å². The highest BCUT2D eigenvalue weighted by atomic mass is 32.2. The molecule has 2 aliphatic rings. The third-order valence-corrected chi connectivity index (χ3v) is 6.40. The fourth-order valence-corrected chi connectivity index (χ4v) is 4.87. The number of hydrogen-bond donors (Lipinski definition) is 1. The molecule has 0 bridgehead atoms. The lowest BCUT2D eigenvalue weighted by molar-refractivity contribution is -0.131. The highest BCUT2D eigenvalue weighted by Crippen LogP contribution is 2.30. The Kier molecular flexibility index (Phi) is 4.89. The maximum Gasteiger partial charge on any atom is 0.286 e. The Balaban J connectivity index is 1.50. The Morgan fingerprint density at radius 1 is 1.21 bits per heavy atom. The molecule has 1 saturated heterocycles. The normalized spacial score (nSPS) is 20.7. The van der Waals surface area contributed by atoms with Crippen LogP contribution in [0.15, 0.2) is 57.8 Å². The second-order valence-corrected chi connectivity index (χ2v) is 8.63. The number of amidine groups is 1. The molecule has 1 fully saturated rings. The number of fused-ring (bicyclic) bond motifs is 1. The van der Waals surface area contributed by atoms with E-state index in [4.69, 9.17) is 0 Å². The lowest BCUT2D eigenvalue weighted by Gasteiger charge is -2.34. The number of hydrogen-bond acceptors (Lipinski definition) is 4. The number of piperidine rings is 1. The Bertz CT molecular complexity index is 1050. The molecule has 0 aliphatic carbocycles. The number of benzene rings is 2. The number of carbonyl (C=O) groups excluding carboxylic acids is 1. The van der Waals surface area contributed by atoms with Gasteiger partial charge < -0.3 is 10.2 Å². The first kappa shape index (κ1) is 18.6. The van der Waals surface area contributed by atoms with Crippen molar-refractivity contribution in [3.63, 3.8) is 0 Å². The van der Waals surface area contributed by atoms with Gasteiger partial charge in [-0.05, 0) is 42.7 Å². The van der Waals surface area contributed by atoms with Crippen LogP contribution in [0.1, 0.15) is 18.4 Å². The fraction of sp³-hybridized carbons (Fsp3) is 0.300. The number of nitrogens with zero attached hydrogens (tertiary/aromatic N) is 2. The second-order valence-electron chi connectivity index (χ2n) is 7.06. The Hall–Kier alpha value is -2.74. The zero-order valence-corrected chi connectivity index (χ0v) is 16.0. The maximum atomic E-state index is 13.4. The van der Waals surface area contributed by atoms with Crippen LogP contribution in [0.3, 0.4) is 0 Å². The number of halogens is 1. The second kappa shape index (κ2) is 7.35. The molecule has 146 valence electrons. The van der Waals surface area contributed by atoms with Gasteiger partial charge in [-0.2, -0.15) is 8.42 Å². The van der Waals surface area contributed by atoms with Gasteiger partial charge in [0.05, 0.1) is 12.1 Å². The summed E-state index contributed by atoms with van der Waals surface area (Å²) in [5.74, 6) is -0.281.